The first-order chi connectivity index (χ1) is 13.6. The van der Waals surface area contributed by atoms with Gasteiger partial charge in [0, 0.05) is 17.1 Å². The summed E-state index contributed by atoms with van der Waals surface area (Å²) in [5, 5.41) is 16.9. The number of thiazole rings is 1. The molecule has 0 radical (unpaired) electrons. The standard InChI is InChI=1S/C22H25N3O3S/c1-21(2,3)12-22(4,5)24-18-16(23-20-25(18)10-11-29-20)15-17(26)13-8-6-7-9-14(13)28-19(15)27/h6-11,24,26H,12H2,1-5H3. The normalized spacial score (nSPS) is 12.7. The first-order valence-corrected chi connectivity index (χ1v) is 10.4. The maximum absolute atomic E-state index is 12.8. The fraction of sp³-hybridized carbons (Fsp3) is 0.364. The Labute approximate surface area is 172 Å². The fourth-order valence-electron chi connectivity index (χ4n) is 4.11. The Balaban J connectivity index is 1.92. The van der Waals surface area contributed by atoms with Crippen LogP contribution in [-0.4, -0.2) is 20.0 Å². The molecule has 6 nitrogen and oxygen atoms in total. The number of rotatable bonds is 4. The van der Waals surface area contributed by atoms with Crippen molar-refractivity contribution in [1.29, 1.82) is 0 Å². The van der Waals surface area contributed by atoms with E-state index in [-0.39, 0.29) is 22.3 Å². The molecular formula is C22H25N3O3S. The number of nitrogens with one attached hydrogen (secondary N) is 1. The fourth-order valence-corrected chi connectivity index (χ4v) is 4.83. The Kier molecular flexibility index (Phi) is 4.46. The molecule has 3 aromatic heterocycles. The molecular weight excluding hydrogens is 386 g/mol. The van der Waals surface area contributed by atoms with E-state index in [0.29, 0.717) is 22.5 Å². The number of nitrogens with zero attached hydrogens (tertiary/aromatic N) is 2. The van der Waals surface area contributed by atoms with Gasteiger partial charge in [-0.2, -0.15) is 0 Å². The van der Waals surface area contributed by atoms with E-state index in [1.165, 1.54) is 11.3 Å². The van der Waals surface area contributed by atoms with Crippen LogP contribution in [0.1, 0.15) is 41.0 Å². The van der Waals surface area contributed by atoms with Crippen LogP contribution in [0.2, 0.25) is 0 Å². The quantitative estimate of drug-likeness (QED) is 0.433. The lowest BCUT2D eigenvalue weighted by Crippen LogP contribution is -2.36. The molecule has 0 aliphatic carbocycles. The maximum atomic E-state index is 12.8. The van der Waals surface area contributed by atoms with Crippen molar-refractivity contribution in [1.82, 2.24) is 9.38 Å². The van der Waals surface area contributed by atoms with E-state index in [0.717, 1.165) is 11.4 Å². The van der Waals surface area contributed by atoms with Gasteiger partial charge in [-0.3, -0.25) is 4.40 Å². The lowest BCUT2D eigenvalue weighted by atomic mass is 9.82. The van der Waals surface area contributed by atoms with Crippen LogP contribution in [0.15, 0.2) is 45.1 Å². The monoisotopic (exact) mass is 411 g/mol. The number of aromatic nitrogens is 2. The Morgan fingerprint density at radius 1 is 1.21 bits per heavy atom. The van der Waals surface area contributed by atoms with Crippen LogP contribution in [-0.2, 0) is 0 Å². The Morgan fingerprint density at radius 2 is 1.93 bits per heavy atom. The molecule has 2 N–H and O–H groups in total. The van der Waals surface area contributed by atoms with E-state index in [2.05, 4.69) is 44.9 Å². The molecule has 0 aliphatic rings. The summed E-state index contributed by atoms with van der Waals surface area (Å²) in [6, 6.07) is 6.95. The lowest BCUT2D eigenvalue weighted by Gasteiger charge is -2.34. The molecule has 0 atom stereocenters. The van der Waals surface area contributed by atoms with Gasteiger partial charge in [0.15, 0.2) is 4.96 Å². The SMILES string of the molecule is CC(C)(C)CC(C)(C)Nc1c(-c2c(O)c3ccccc3oc2=O)nc2sccn12. The van der Waals surface area contributed by atoms with Crippen molar-refractivity contribution in [2.75, 3.05) is 5.32 Å². The summed E-state index contributed by atoms with van der Waals surface area (Å²) in [7, 11) is 0. The average molecular weight is 412 g/mol. The molecule has 152 valence electrons. The third-order valence-electron chi connectivity index (χ3n) is 4.71. The highest BCUT2D eigenvalue weighted by Crippen LogP contribution is 2.39. The van der Waals surface area contributed by atoms with Crippen molar-refractivity contribution in [3.63, 3.8) is 0 Å². The van der Waals surface area contributed by atoms with Gasteiger partial charge in [0.1, 0.15) is 28.4 Å². The Bertz CT molecular complexity index is 1260. The lowest BCUT2D eigenvalue weighted by molar-refractivity contribution is 0.302. The van der Waals surface area contributed by atoms with Crippen molar-refractivity contribution < 1.29 is 9.52 Å². The number of hydrogen-bond acceptors (Lipinski definition) is 6. The molecule has 0 fully saturated rings. The summed E-state index contributed by atoms with van der Waals surface area (Å²) in [6.07, 6.45) is 2.81. The van der Waals surface area contributed by atoms with Gasteiger partial charge in [-0.15, -0.1) is 11.3 Å². The zero-order chi connectivity index (χ0) is 21.0. The highest BCUT2D eigenvalue weighted by molar-refractivity contribution is 7.15. The second-order valence-electron chi connectivity index (χ2n) is 9.22. The third kappa shape index (κ3) is 3.62. The van der Waals surface area contributed by atoms with Gasteiger partial charge >= 0.3 is 5.63 Å². The molecule has 0 bridgehead atoms. The number of aromatic hydroxyl groups is 1. The number of para-hydroxylation sites is 1. The molecule has 0 saturated heterocycles. The van der Waals surface area contributed by atoms with Gasteiger partial charge in [-0.05, 0) is 37.8 Å². The minimum atomic E-state index is -0.608. The number of hydrogen-bond donors (Lipinski definition) is 2. The summed E-state index contributed by atoms with van der Waals surface area (Å²) >= 11 is 1.47. The van der Waals surface area contributed by atoms with Crippen LogP contribution in [0.25, 0.3) is 27.2 Å². The van der Waals surface area contributed by atoms with E-state index in [4.69, 9.17) is 4.42 Å². The van der Waals surface area contributed by atoms with Gasteiger partial charge in [-0.1, -0.05) is 32.9 Å². The first-order valence-electron chi connectivity index (χ1n) is 9.55. The topological polar surface area (TPSA) is 79.8 Å². The van der Waals surface area contributed by atoms with Crippen molar-refractivity contribution in [2.24, 2.45) is 5.41 Å². The van der Waals surface area contributed by atoms with E-state index in [9.17, 15) is 9.90 Å². The van der Waals surface area contributed by atoms with Gasteiger partial charge in [0.25, 0.3) is 0 Å². The highest BCUT2D eigenvalue weighted by Gasteiger charge is 2.30. The first kappa shape index (κ1) is 19.5. The third-order valence-corrected chi connectivity index (χ3v) is 5.47. The van der Waals surface area contributed by atoms with Gasteiger partial charge in [0.05, 0.1) is 5.39 Å². The molecule has 7 heteroatoms. The average Bonchev–Trinajstić information content (AvgIpc) is 3.16. The number of imidazole rings is 1. The number of benzene rings is 1. The van der Waals surface area contributed by atoms with Crippen molar-refractivity contribution >= 4 is 33.1 Å². The Hall–Kier alpha value is -2.80. The zero-order valence-corrected chi connectivity index (χ0v) is 18.1. The van der Waals surface area contributed by atoms with Crippen LogP contribution in [0.3, 0.4) is 0 Å². The summed E-state index contributed by atoms with van der Waals surface area (Å²) in [5.41, 5.74) is 0.0621. The molecule has 0 unspecified atom stereocenters. The van der Waals surface area contributed by atoms with E-state index in [1.54, 1.807) is 24.3 Å². The van der Waals surface area contributed by atoms with Gasteiger partial charge in [0.2, 0.25) is 0 Å². The molecule has 3 heterocycles. The van der Waals surface area contributed by atoms with Gasteiger partial charge in [-0.25, -0.2) is 9.78 Å². The largest absolute Gasteiger partial charge is 0.506 e. The predicted octanol–water partition coefficient (Wildman–Crippen LogP) is 5.50. The molecule has 0 saturated carbocycles. The molecule has 0 amide bonds. The molecule has 4 aromatic rings. The number of anilines is 1. The van der Waals surface area contributed by atoms with Crippen LogP contribution in [0.5, 0.6) is 5.75 Å². The second-order valence-corrected chi connectivity index (χ2v) is 10.1. The number of fused-ring (bicyclic) bond motifs is 2. The van der Waals surface area contributed by atoms with E-state index in [1.807, 2.05) is 16.0 Å². The van der Waals surface area contributed by atoms with Gasteiger partial charge < -0.3 is 14.8 Å². The summed E-state index contributed by atoms with van der Waals surface area (Å²) in [6.45, 7) is 10.8. The van der Waals surface area contributed by atoms with E-state index >= 15 is 0 Å². The summed E-state index contributed by atoms with van der Waals surface area (Å²) in [5.74, 6) is 0.563. The molecule has 0 spiro atoms. The molecule has 29 heavy (non-hydrogen) atoms. The molecule has 4 rings (SSSR count). The smallest absolute Gasteiger partial charge is 0.349 e. The molecule has 0 aliphatic heterocycles. The second kappa shape index (κ2) is 6.62. The minimum absolute atomic E-state index is 0.0775. The predicted molar refractivity (Wildman–Crippen MR) is 118 cm³/mol. The summed E-state index contributed by atoms with van der Waals surface area (Å²) in [4.78, 5) is 18.2. The molecule has 1 aromatic carbocycles. The van der Waals surface area contributed by atoms with Crippen molar-refractivity contribution in [2.45, 2.75) is 46.6 Å². The van der Waals surface area contributed by atoms with Crippen LogP contribution in [0.4, 0.5) is 5.82 Å². The minimum Gasteiger partial charge on any atom is -0.506 e. The van der Waals surface area contributed by atoms with Crippen LogP contribution in [0, 0.1) is 5.41 Å². The van der Waals surface area contributed by atoms with Crippen LogP contribution < -0.4 is 10.9 Å². The van der Waals surface area contributed by atoms with Crippen LogP contribution >= 0.6 is 11.3 Å². The maximum Gasteiger partial charge on any atom is 0.349 e. The van der Waals surface area contributed by atoms with Crippen molar-refractivity contribution in [3.05, 3.63) is 46.3 Å². The summed E-state index contributed by atoms with van der Waals surface area (Å²) < 4.78 is 7.39. The van der Waals surface area contributed by atoms with E-state index < -0.39 is 5.63 Å². The zero-order valence-electron chi connectivity index (χ0n) is 17.2. The Morgan fingerprint density at radius 3 is 2.66 bits per heavy atom. The highest BCUT2D eigenvalue weighted by atomic mass is 32.1. The van der Waals surface area contributed by atoms with Crippen molar-refractivity contribution in [3.8, 4) is 17.0 Å².